The van der Waals surface area contributed by atoms with Gasteiger partial charge in [0.1, 0.15) is 0 Å². The molecule has 82 valence electrons. The van der Waals surface area contributed by atoms with Crippen LogP contribution in [0.4, 0.5) is 8.78 Å². The second-order valence-corrected chi connectivity index (χ2v) is 4.31. The molecule has 5 heteroatoms. The van der Waals surface area contributed by atoms with E-state index in [2.05, 4.69) is 15.9 Å². The maximum absolute atomic E-state index is 13.8. The summed E-state index contributed by atoms with van der Waals surface area (Å²) in [5.41, 5.74) is 0.263. The molecule has 1 aliphatic rings. The molecule has 0 spiro atoms. The van der Waals surface area contributed by atoms with Gasteiger partial charge < -0.3 is 9.47 Å². The third kappa shape index (κ3) is 1.69. The van der Waals surface area contributed by atoms with Crippen molar-refractivity contribution in [2.24, 2.45) is 0 Å². The number of rotatable bonds is 2. The molecule has 0 aromatic heterocycles. The monoisotopic (exact) mass is 278 g/mol. The number of fused-ring (bicyclic) bond motifs is 1. The average molecular weight is 279 g/mol. The third-order valence-corrected chi connectivity index (χ3v) is 3.40. The summed E-state index contributed by atoms with van der Waals surface area (Å²) in [5, 5.41) is 0. The van der Waals surface area contributed by atoms with Gasteiger partial charge in [-0.25, -0.2) is 8.78 Å². The molecule has 1 atom stereocenters. The number of halogens is 3. The molecule has 1 unspecified atom stereocenters. The molecule has 0 aliphatic carbocycles. The van der Waals surface area contributed by atoms with Crippen molar-refractivity contribution >= 4 is 15.9 Å². The molecule has 2 rings (SSSR count). The zero-order chi connectivity index (χ0) is 11.0. The Morgan fingerprint density at radius 3 is 2.73 bits per heavy atom. The molecule has 2 nitrogen and oxygen atoms in total. The molecular formula is C10H9BrF2O2. The van der Waals surface area contributed by atoms with Gasteiger partial charge >= 0.3 is 0 Å². The van der Waals surface area contributed by atoms with Crippen molar-refractivity contribution in [3.05, 3.63) is 23.3 Å². The van der Waals surface area contributed by atoms with E-state index in [1.807, 2.05) is 6.92 Å². The first-order valence-corrected chi connectivity index (χ1v) is 5.48. The zero-order valence-corrected chi connectivity index (χ0v) is 9.61. The Bertz CT molecular complexity index is 395. The van der Waals surface area contributed by atoms with Gasteiger partial charge in [-0.15, -0.1) is 0 Å². The Balaban J connectivity index is 2.54. The van der Waals surface area contributed by atoms with Crippen molar-refractivity contribution in [3.8, 4) is 11.5 Å². The van der Waals surface area contributed by atoms with Gasteiger partial charge in [-0.05, 0) is 12.5 Å². The molecule has 1 aromatic rings. The number of benzene rings is 1. The fourth-order valence-electron chi connectivity index (χ4n) is 1.46. The number of hydrogen-bond acceptors (Lipinski definition) is 2. The Kier molecular flexibility index (Phi) is 2.82. The SMILES string of the molecule is CCC(Br)c1cc(F)c2c(c1F)OCO2. The zero-order valence-electron chi connectivity index (χ0n) is 8.02. The van der Waals surface area contributed by atoms with E-state index in [4.69, 9.17) is 9.47 Å². The summed E-state index contributed by atoms with van der Waals surface area (Å²) in [6.07, 6.45) is 0.663. The van der Waals surface area contributed by atoms with Gasteiger partial charge in [0.25, 0.3) is 0 Å². The van der Waals surface area contributed by atoms with Gasteiger partial charge in [0.15, 0.2) is 11.6 Å². The van der Waals surface area contributed by atoms with E-state index in [0.29, 0.717) is 6.42 Å². The third-order valence-electron chi connectivity index (χ3n) is 2.26. The molecule has 0 N–H and O–H groups in total. The summed E-state index contributed by atoms with van der Waals surface area (Å²) < 4.78 is 36.9. The van der Waals surface area contributed by atoms with Gasteiger partial charge in [0.2, 0.25) is 18.3 Å². The van der Waals surface area contributed by atoms with Crippen LogP contribution < -0.4 is 9.47 Å². The first-order chi connectivity index (χ1) is 7.15. The lowest BCUT2D eigenvalue weighted by molar-refractivity contribution is 0.168. The van der Waals surface area contributed by atoms with E-state index in [-0.39, 0.29) is 28.7 Å². The van der Waals surface area contributed by atoms with E-state index < -0.39 is 11.6 Å². The van der Waals surface area contributed by atoms with Crippen molar-refractivity contribution in [1.29, 1.82) is 0 Å². The van der Waals surface area contributed by atoms with Gasteiger partial charge in [0, 0.05) is 10.4 Å². The Morgan fingerprint density at radius 2 is 2.07 bits per heavy atom. The van der Waals surface area contributed by atoms with Crippen LogP contribution in [-0.4, -0.2) is 6.79 Å². The first-order valence-electron chi connectivity index (χ1n) is 4.56. The second kappa shape index (κ2) is 3.96. The summed E-state index contributed by atoms with van der Waals surface area (Å²) in [6, 6.07) is 1.14. The second-order valence-electron chi connectivity index (χ2n) is 3.20. The van der Waals surface area contributed by atoms with Crippen LogP contribution in [0.5, 0.6) is 11.5 Å². The van der Waals surface area contributed by atoms with Crippen molar-refractivity contribution in [2.45, 2.75) is 18.2 Å². The lowest BCUT2D eigenvalue weighted by atomic mass is 10.1. The van der Waals surface area contributed by atoms with E-state index in [1.165, 1.54) is 0 Å². The molecule has 1 aliphatic heterocycles. The predicted molar refractivity (Wildman–Crippen MR) is 54.4 cm³/mol. The summed E-state index contributed by atoms with van der Waals surface area (Å²) in [6.45, 7) is 1.74. The minimum atomic E-state index is -0.586. The smallest absolute Gasteiger partial charge is 0.231 e. The van der Waals surface area contributed by atoms with Gasteiger partial charge in [0.05, 0.1) is 0 Å². The summed E-state index contributed by atoms with van der Waals surface area (Å²) in [5.74, 6) is -1.39. The van der Waals surface area contributed by atoms with Crippen LogP contribution in [0.3, 0.4) is 0 Å². The van der Waals surface area contributed by atoms with Crippen LogP contribution in [0.25, 0.3) is 0 Å². The molecule has 1 heterocycles. The highest BCUT2D eigenvalue weighted by atomic mass is 79.9. The van der Waals surface area contributed by atoms with Crippen LogP contribution in [0.15, 0.2) is 6.07 Å². The summed E-state index contributed by atoms with van der Waals surface area (Å²) in [4.78, 5) is -0.221. The number of hydrogen-bond donors (Lipinski definition) is 0. The predicted octanol–water partition coefficient (Wildman–Crippen LogP) is 3.54. The lowest BCUT2D eigenvalue weighted by Crippen LogP contribution is -1.97. The van der Waals surface area contributed by atoms with Crippen LogP contribution >= 0.6 is 15.9 Å². The molecule has 15 heavy (non-hydrogen) atoms. The average Bonchev–Trinajstić information content (AvgIpc) is 2.71. The molecular weight excluding hydrogens is 270 g/mol. The fraction of sp³-hybridized carbons (Fsp3) is 0.400. The minimum Gasteiger partial charge on any atom is -0.450 e. The first kappa shape index (κ1) is 10.7. The highest BCUT2D eigenvalue weighted by Crippen LogP contribution is 2.42. The normalized spacial score (nSPS) is 15.5. The van der Waals surface area contributed by atoms with Crippen LogP contribution in [0, 0.1) is 11.6 Å². The van der Waals surface area contributed by atoms with E-state index in [1.54, 1.807) is 0 Å². The van der Waals surface area contributed by atoms with Crippen molar-refractivity contribution in [1.82, 2.24) is 0 Å². The Morgan fingerprint density at radius 1 is 1.40 bits per heavy atom. The summed E-state index contributed by atoms with van der Waals surface area (Å²) >= 11 is 3.28. The maximum atomic E-state index is 13.8. The topological polar surface area (TPSA) is 18.5 Å². The molecule has 0 fully saturated rings. The van der Waals surface area contributed by atoms with Crippen molar-refractivity contribution < 1.29 is 18.3 Å². The number of alkyl halides is 1. The van der Waals surface area contributed by atoms with Gasteiger partial charge in [-0.3, -0.25) is 0 Å². The minimum absolute atomic E-state index is 0.122. The Hall–Kier alpha value is -0.840. The van der Waals surface area contributed by atoms with E-state index >= 15 is 0 Å². The lowest BCUT2D eigenvalue weighted by Gasteiger charge is -2.10. The maximum Gasteiger partial charge on any atom is 0.231 e. The van der Waals surface area contributed by atoms with Crippen LogP contribution in [0.2, 0.25) is 0 Å². The highest BCUT2D eigenvalue weighted by Gasteiger charge is 2.27. The van der Waals surface area contributed by atoms with Gasteiger partial charge in [-0.2, -0.15) is 0 Å². The molecule has 0 amide bonds. The fourth-order valence-corrected chi connectivity index (χ4v) is 1.80. The highest BCUT2D eigenvalue weighted by molar-refractivity contribution is 9.09. The van der Waals surface area contributed by atoms with Crippen molar-refractivity contribution in [3.63, 3.8) is 0 Å². The van der Waals surface area contributed by atoms with Gasteiger partial charge in [-0.1, -0.05) is 22.9 Å². The quantitative estimate of drug-likeness (QED) is 0.771. The molecule has 0 radical (unpaired) electrons. The molecule has 0 saturated heterocycles. The van der Waals surface area contributed by atoms with Crippen LogP contribution in [0.1, 0.15) is 23.7 Å². The number of ether oxygens (including phenoxy) is 2. The van der Waals surface area contributed by atoms with E-state index in [0.717, 1.165) is 6.07 Å². The van der Waals surface area contributed by atoms with Crippen molar-refractivity contribution in [2.75, 3.05) is 6.79 Å². The standard InChI is InChI=1S/C10H9BrF2O2/c1-2-6(11)5-3-7(12)9-10(8(5)13)15-4-14-9/h3,6H,2,4H2,1H3. The van der Waals surface area contributed by atoms with Crippen LogP contribution in [-0.2, 0) is 0 Å². The Labute approximate surface area is 94.3 Å². The molecule has 0 saturated carbocycles. The largest absolute Gasteiger partial charge is 0.450 e. The molecule has 0 bridgehead atoms. The van der Waals surface area contributed by atoms with E-state index in [9.17, 15) is 8.78 Å². The molecule has 1 aromatic carbocycles. The summed E-state index contributed by atoms with van der Waals surface area (Å²) in [7, 11) is 0.